The number of methoxy groups -OCH3 is 1. The van der Waals surface area contributed by atoms with Gasteiger partial charge in [0.15, 0.2) is 22.5 Å². The van der Waals surface area contributed by atoms with Crippen LogP contribution in [0.2, 0.25) is 0 Å². The summed E-state index contributed by atoms with van der Waals surface area (Å²) in [5.74, 6) is -0.455. The smallest absolute Gasteiger partial charge is 0.321 e. The largest absolute Gasteiger partial charge is 0.483 e. The van der Waals surface area contributed by atoms with Crippen molar-refractivity contribution in [2.45, 2.75) is 30.0 Å². The van der Waals surface area contributed by atoms with Crippen molar-refractivity contribution in [3.05, 3.63) is 71.8 Å². The molecule has 0 fully saturated rings. The number of para-hydroxylation sites is 1. The lowest BCUT2D eigenvalue weighted by atomic mass is 10.1. The van der Waals surface area contributed by atoms with Gasteiger partial charge in [-0.15, -0.1) is 10.2 Å². The van der Waals surface area contributed by atoms with E-state index in [1.807, 2.05) is 25.1 Å². The van der Waals surface area contributed by atoms with E-state index in [0.29, 0.717) is 23.2 Å². The maximum absolute atomic E-state index is 14.0. The van der Waals surface area contributed by atoms with Crippen LogP contribution < -0.4 is 15.4 Å². The van der Waals surface area contributed by atoms with Gasteiger partial charge in [-0.05, 0) is 24.6 Å². The third-order valence-corrected chi connectivity index (χ3v) is 6.02. The molecule has 0 bridgehead atoms. The van der Waals surface area contributed by atoms with Gasteiger partial charge in [0, 0.05) is 14.2 Å². The molecule has 0 saturated carbocycles. The summed E-state index contributed by atoms with van der Waals surface area (Å²) in [6.45, 7) is 2.22. The van der Waals surface area contributed by atoms with Crippen LogP contribution in [0.1, 0.15) is 29.6 Å². The summed E-state index contributed by atoms with van der Waals surface area (Å²) >= 11 is 1.14. The van der Waals surface area contributed by atoms with E-state index < -0.39 is 23.0 Å². The predicted octanol–water partition coefficient (Wildman–Crippen LogP) is 3.49. The van der Waals surface area contributed by atoms with Gasteiger partial charge in [-0.25, -0.2) is 9.18 Å². The fourth-order valence-electron chi connectivity index (χ4n) is 3.19. The molecule has 0 radical (unpaired) electrons. The summed E-state index contributed by atoms with van der Waals surface area (Å²) in [6, 6.07) is 14.3. The molecule has 0 unspecified atom stereocenters. The Morgan fingerprint density at radius 2 is 1.82 bits per heavy atom. The number of nitrogens with zero attached hydrogens (tertiary/aromatic N) is 3. The lowest BCUT2D eigenvalue weighted by molar-refractivity contribution is -0.119. The van der Waals surface area contributed by atoms with Gasteiger partial charge in [0.2, 0.25) is 5.91 Å². The Morgan fingerprint density at radius 3 is 2.50 bits per heavy atom. The fourth-order valence-corrected chi connectivity index (χ4v) is 4.35. The number of nitrogens with one attached hydrogen (secondary N) is 2. The van der Waals surface area contributed by atoms with Gasteiger partial charge in [-0.3, -0.25) is 14.7 Å². The molecule has 11 heteroatoms. The Morgan fingerprint density at radius 1 is 1.12 bits per heavy atom. The second-order valence-electron chi connectivity index (χ2n) is 7.27. The molecule has 3 amide bonds. The summed E-state index contributed by atoms with van der Waals surface area (Å²) in [5, 5.41) is 12.8. The van der Waals surface area contributed by atoms with E-state index in [2.05, 4.69) is 20.8 Å². The highest BCUT2D eigenvalue weighted by Gasteiger charge is 2.28. The highest BCUT2D eigenvalue weighted by Crippen LogP contribution is 2.36. The molecule has 1 heterocycles. The minimum Gasteiger partial charge on any atom is -0.483 e. The Kier molecular flexibility index (Phi) is 9.00. The molecule has 2 aromatic carbocycles. The Labute approximate surface area is 201 Å². The SMILES string of the molecule is CNC(=O)NC(=O)[C@H](Sc1nnc(COc2ccccc2F)n1[C@@H](C)COC)c1ccccc1. The number of imide groups is 1. The quantitative estimate of drug-likeness (QED) is 0.422. The second kappa shape index (κ2) is 12.1. The molecule has 0 saturated heterocycles. The summed E-state index contributed by atoms with van der Waals surface area (Å²) in [4.78, 5) is 24.7. The highest BCUT2D eigenvalue weighted by molar-refractivity contribution is 8.00. The van der Waals surface area contributed by atoms with Crippen molar-refractivity contribution < 1.29 is 23.5 Å². The van der Waals surface area contributed by atoms with Crippen molar-refractivity contribution in [1.29, 1.82) is 0 Å². The number of hydrogen-bond acceptors (Lipinski definition) is 7. The average molecular weight is 488 g/mol. The fraction of sp³-hybridized carbons (Fsp3) is 0.304. The van der Waals surface area contributed by atoms with Crippen molar-refractivity contribution in [2.24, 2.45) is 0 Å². The van der Waals surface area contributed by atoms with Crippen LogP contribution in [0.25, 0.3) is 0 Å². The number of hydrogen-bond donors (Lipinski definition) is 2. The van der Waals surface area contributed by atoms with Gasteiger partial charge >= 0.3 is 6.03 Å². The average Bonchev–Trinajstić information content (AvgIpc) is 3.25. The van der Waals surface area contributed by atoms with Crippen LogP contribution in [0.5, 0.6) is 5.75 Å². The van der Waals surface area contributed by atoms with E-state index in [1.165, 1.54) is 19.2 Å². The number of thioether (sulfide) groups is 1. The Balaban J connectivity index is 1.91. The van der Waals surface area contributed by atoms with E-state index in [4.69, 9.17) is 9.47 Å². The lowest BCUT2D eigenvalue weighted by Crippen LogP contribution is -2.39. The minimum absolute atomic E-state index is 0.0387. The van der Waals surface area contributed by atoms with Crippen LogP contribution in [0, 0.1) is 5.82 Å². The van der Waals surface area contributed by atoms with Gasteiger partial charge in [0.05, 0.1) is 12.6 Å². The van der Waals surface area contributed by atoms with E-state index in [1.54, 1.807) is 35.9 Å². The molecule has 0 aliphatic heterocycles. The monoisotopic (exact) mass is 487 g/mol. The molecule has 34 heavy (non-hydrogen) atoms. The molecule has 0 spiro atoms. The van der Waals surface area contributed by atoms with Crippen LogP contribution in [0.3, 0.4) is 0 Å². The zero-order valence-electron chi connectivity index (χ0n) is 19.0. The topological polar surface area (TPSA) is 107 Å². The molecule has 1 aromatic heterocycles. The Hall–Kier alpha value is -3.44. The molecule has 0 aliphatic rings. The number of rotatable bonds is 10. The highest BCUT2D eigenvalue weighted by atomic mass is 32.2. The van der Waals surface area contributed by atoms with Crippen LogP contribution in [-0.2, 0) is 16.1 Å². The summed E-state index contributed by atoms with van der Waals surface area (Å²) < 4.78 is 26.7. The van der Waals surface area contributed by atoms with E-state index in [9.17, 15) is 14.0 Å². The number of benzene rings is 2. The normalized spacial score (nSPS) is 12.6. The number of urea groups is 1. The van der Waals surface area contributed by atoms with Crippen LogP contribution in [-0.4, -0.2) is 47.5 Å². The van der Waals surface area contributed by atoms with Gasteiger partial charge in [-0.2, -0.15) is 0 Å². The number of amides is 3. The standard InChI is InChI=1S/C23H26FN5O4S/c1-15(13-32-3)29-19(14-33-18-12-8-7-11-17(18)24)27-28-23(29)34-20(16-9-5-4-6-10-16)21(30)26-22(31)25-2/h4-12,15,20H,13-14H2,1-3H3,(H2,25,26,30,31)/t15-,20+/m0/s1. The summed E-state index contributed by atoms with van der Waals surface area (Å²) in [6.07, 6.45) is 0. The van der Waals surface area contributed by atoms with E-state index in [-0.39, 0.29) is 18.4 Å². The predicted molar refractivity (Wildman–Crippen MR) is 125 cm³/mol. The van der Waals surface area contributed by atoms with Crippen molar-refractivity contribution >= 4 is 23.7 Å². The van der Waals surface area contributed by atoms with Crippen molar-refractivity contribution in [2.75, 3.05) is 20.8 Å². The number of aromatic nitrogens is 3. The summed E-state index contributed by atoms with van der Waals surface area (Å²) in [7, 11) is 3.00. The Bertz CT molecular complexity index is 1110. The molecule has 2 atom stereocenters. The third kappa shape index (κ3) is 6.33. The molecular weight excluding hydrogens is 461 g/mol. The van der Waals surface area contributed by atoms with Crippen LogP contribution >= 0.6 is 11.8 Å². The van der Waals surface area contributed by atoms with Crippen LogP contribution in [0.15, 0.2) is 59.8 Å². The van der Waals surface area contributed by atoms with Gasteiger partial charge in [0.1, 0.15) is 11.9 Å². The first-order chi connectivity index (χ1) is 16.4. The van der Waals surface area contributed by atoms with E-state index >= 15 is 0 Å². The van der Waals surface area contributed by atoms with Crippen molar-refractivity contribution in [3.8, 4) is 5.75 Å². The number of carbonyl (C=O) groups is 2. The first-order valence-corrected chi connectivity index (χ1v) is 11.4. The molecular formula is C23H26FN5O4S. The molecule has 3 rings (SSSR count). The second-order valence-corrected chi connectivity index (χ2v) is 8.34. The van der Waals surface area contributed by atoms with Crippen LogP contribution in [0.4, 0.5) is 9.18 Å². The third-order valence-electron chi connectivity index (χ3n) is 4.80. The van der Waals surface area contributed by atoms with Crippen molar-refractivity contribution in [1.82, 2.24) is 25.4 Å². The maximum Gasteiger partial charge on any atom is 0.321 e. The molecule has 180 valence electrons. The number of halogens is 1. The van der Waals surface area contributed by atoms with Gasteiger partial charge in [0.25, 0.3) is 0 Å². The number of ether oxygens (including phenoxy) is 2. The lowest BCUT2D eigenvalue weighted by Gasteiger charge is -2.20. The zero-order chi connectivity index (χ0) is 24.5. The summed E-state index contributed by atoms with van der Waals surface area (Å²) in [5.41, 5.74) is 0.687. The minimum atomic E-state index is -0.781. The molecule has 0 aliphatic carbocycles. The molecule has 3 aromatic rings. The first-order valence-electron chi connectivity index (χ1n) is 10.5. The van der Waals surface area contributed by atoms with Gasteiger partial charge in [-0.1, -0.05) is 54.2 Å². The molecule has 9 nitrogen and oxygen atoms in total. The van der Waals surface area contributed by atoms with Crippen molar-refractivity contribution in [3.63, 3.8) is 0 Å². The maximum atomic E-state index is 14.0. The molecule has 2 N–H and O–H groups in total. The number of carbonyl (C=O) groups excluding carboxylic acids is 2. The first kappa shape index (κ1) is 25.2. The van der Waals surface area contributed by atoms with Gasteiger partial charge < -0.3 is 14.8 Å². The zero-order valence-corrected chi connectivity index (χ0v) is 19.8. The van der Waals surface area contributed by atoms with E-state index in [0.717, 1.165) is 11.8 Å².